The van der Waals surface area contributed by atoms with E-state index in [0.717, 1.165) is 5.69 Å². The van der Waals surface area contributed by atoms with Gasteiger partial charge in [-0.3, -0.25) is 9.23 Å². The summed E-state index contributed by atoms with van der Waals surface area (Å²) in [6.07, 6.45) is 0. The van der Waals surface area contributed by atoms with Crippen LogP contribution in [-0.2, 0) is 18.5 Å². The van der Waals surface area contributed by atoms with E-state index in [0.29, 0.717) is 0 Å². The largest absolute Gasteiger partial charge is 0.467 e. The second-order valence-corrected chi connectivity index (χ2v) is 5.34. The Morgan fingerprint density at radius 3 is 2.33 bits per heavy atom. The molecule has 0 amide bonds. The molecule has 1 rings (SSSR count). The molecule has 0 aliphatic carbocycles. The SMILES string of the molecule is C=[S-](Nc1ccccc1)=S(=O)=O. The summed E-state index contributed by atoms with van der Waals surface area (Å²) in [6.45, 7) is 0. The monoisotopic (exact) mass is 202 g/mol. The zero-order valence-electron chi connectivity index (χ0n) is 6.23. The van der Waals surface area contributed by atoms with Gasteiger partial charge in [-0.15, -0.1) is 0 Å². The molecule has 1 aromatic carbocycles. The van der Waals surface area contributed by atoms with E-state index in [4.69, 9.17) is 0 Å². The molecular formula is C7H8NO2S2-. The van der Waals surface area contributed by atoms with Crippen LogP contribution >= 0.6 is 0 Å². The van der Waals surface area contributed by atoms with Crippen molar-refractivity contribution in [2.45, 2.75) is 0 Å². The molecule has 0 heterocycles. The van der Waals surface area contributed by atoms with E-state index in [-0.39, 0.29) is 0 Å². The van der Waals surface area contributed by atoms with Gasteiger partial charge in [-0.1, -0.05) is 18.2 Å². The number of hydrogen-bond donors (Lipinski definition) is 1. The van der Waals surface area contributed by atoms with Crippen LogP contribution in [0.4, 0.5) is 5.69 Å². The summed E-state index contributed by atoms with van der Waals surface area (Å²) in [5, 5.41) is 0. The van der Waals surface area contributed by atoms with Gasteiger partial charge in [-0.05, 0) is 12.1 Å². The highest BCUT2D eigenvalue weighted by molar-refractivity contribution is 8.32. The van der Waals surface area contributed by atoms with Crippen LogP contribution < -0.4 is 4.72 Å². The maximum Gasteiger partial charge on any atom is 0.107 e. The fourth-order valence-electron chi connectivity index (χ4n) is 0.672. The van der Waals surface area contributed by atoms with Crippen molar-refractivity contribution in [3.63, 3.8) is 0 Å². The van der Waals surface area contributed by atoms with E-state index in [9.17, 15) is 8.42 Å². The molecule has 3 nitrogen and oxygen atoms in total. The summed E-state index contributed by atoms with van der Waals surface area (Å²) in [4.78, 5) is 0. The smallest absolute Gasteiger partial charge is 0.107 e. The van der Waals surface area contributed by atoms with Crippen molar-refractivity contribution < 1.29 is 8.42 Å². The molecule has 66 valence electrons. The molecule has 0 fully saturated rings. The fraction of sp³-hybridized carbons (Fsp3) is 0. The van der Waals surface area contributed by atoms with E-state index >= 15 is 0 Å². The van der Waals surface area contributed by atoms with Gasteiger partial charge in [0.25, 0.3) is 0 Å². The molecule has 0 atom stereocenters. The second kappa shape index (κ2) is 4.18. The molecule has 0 saturated carbocycles. The van der Waals surface area contributed by atoms with Crippen LogP contribution in [0.1, 0.15) is 0 Å². The van der Waals surface area contributed by atoms with Crippen LogP contribution in [0.3, 0.4) is 0 Å². The Kier molecular flexibility index (Phi) is 3.19. The Morgan fingerprint density at radius 2 is 1.83 bits per heavy atom. The lowest BCUT2D eigenvalue weighted by molar-refractivity contribution is 0.628. The predicted octanol–water partition coefficient (Wildman–Crippen LogP) is 0.858. The number of anilines is 1. The molecule has 12 heavy (non-hydrogen) atoms. The van der Waals surface area contributed by atoms with Gasteiger partial charge in [0, 0.05) is 5.69 Å². The van der Waals surface area contributed by atoms with Crippen molar-refractivity contribution in [1.82, 2.24) is 0 Å². The van der Waals surface area contributed by atoms with Crippen LogP contribution in [0.15, 0.2) is 30.3 Å². The Labute approximate surface area is 73.9 Å². The quantitative estimate of drug-likeness (QED) is 0.571. The molecule has 0 unspecified atom stereocenters. The lowest BCUT2D eigenvalue weighted by Gasteiger charge is -2.08. The highest BCUT2D eigenvalue weighted by Crippen LogP contribution is 2.03. The van der Waals surface area contributed by atoms with Crippen molar-refractivity contribution in [2.75, 3.05) is 4.72 Å². The molecule has 0 aliphatic heterocycles. The molecular weight excluding hydrogens is 194 g/mol. The first-order valence-electron chi connectivity index (χ1n) is 3.15. The van der Waals surface area contributed by atoms with Crippen LogP contribution in [-0.4, -0.2) is 14.3 Å². The minimum atomic E-state index is -2.16. The van der Waals surface area contributed by atoms with Gasteiger partial charge in [0.2, 0.25) is 0 Å². The van der Waals surface area contributed by atoms with E-state index in [2.05, 4.69) is 10.6 Å². The molecule has 5 heteroatoms. The standard InChI is InChI=1S/C7H8NO2S2/c1-11(12(9)10)8-7-5-3-2-4-6-7/h2-6,8H,1H2/q-1. The zero-order chi connectivity index (χ0) is 8.97. The third kappa shape index (κ3) is 2.60. The lowest BCUT2D eigenvalue weighted by Crippen LogP contribution is -1.94. The van der Waals surface area contributed by atoms with Gasteiger partial charge in [-0.25, -0.2) is 8.42 Å². The Morgan fingerprint density at radius 1 is 1.25 bits per heavy atom. The number of hydrogen-bond acceptors (Lipinski definition) is 3. The first-order chi connectivity index (χ1) is 5.70. The van der Waals surface area contributed by atoms with Gasteiger partial charge in [0.1, 0.15) is 9.26 Å². The third-order valence-corrected chi connectivity index (χ3v) is 3.20. The Balaban J connectivity index is 2.94. The zero-order valence-corrected chi connectivity index (χ0v) is 7.86. The molecule has 0 aliphatic rings. The molecule has 0 saturated heterocycles. The average Bonchev–Trinajstić information content (AvgIpc) is 2.06. The van der Waals surface area contributed by atoms with E-state index in [1.807, 2.05) is 18.2 Å². The molecule has 0 bridgehead atoms. The number of nitrogens with one attached hydrogen (secondary N) is 1. The molecule has 1 aromatic rings. The average molecular weight is 202 g/mol. The van der Waals surface area contributed by atoms with Crippen molar-refractivity contribution in [1.29, 1.82) is 0 Å². The Hall–Kier alpha value is -0.940. The third-order valence-electron chi connectivity index (χ3n) is 1.17. The Bertz CT molecular complexity index is 422. The summed E-state index contributed by atoms with van der Waals surface area (Å²) >= 11 is 0. The fourth-order valence-corrected chi connectivity index (χ4v) is 1.63. The minimum absolute atomic E-state index is 0.764. The van der Waals surface area contributed by atoms with Gasteiger partial charge in [0.05, 0.1) is 0 Å². The van der Waals surface area contributed by atoms with Crippen LogP contribution in [0, 0.1) is 0 Å². The highest BCUT2D eigenvalue weighted by Gasteiger charge is 1.78. The predicted molar refractivity (Wildman–Crippen MR) is 53.5 cm³/mol. The van der Waals surface area contributed by atoms with Crippen LogP contribution in [0.25, 0.3) is 0 Å². The summed E-state index contributed by atoms with van der Waals surface area (Å²) in [7, 11) is -3.21. The molecule has 1 N–H and O–H groups in total. The number of rotatable bonds is 2. The van der Waals surface area contributed by atoms with Crippen molar-refractivity contribution in [3.05, 3.63) is 30.3 Å². The van der Waals surface area contributed by atoms with Crippen LogP contribution in [0.2, 0.25) is 0 Å². The minimum Gasteiger partial charge on any atom is -0.467 e. The van der Waals surface area contributed by atoms with Gasteiger partial charge in [-0.2, -0.15) is 5.87 Å². The molecule has 0 spiro atoms. The number of para-hydroxylation sites is 1. The first kappa shape index (κ1) is 9.15. The van der Waals surface area contributed by atoms with Crippen molar-refractivity contribution in [2.24, 2.45) is 0 Å². The molecule has 0 radical (unpaired) electrons. The van der Waals surface area contributed by atoms with Crippen molar-refractivity contribution >= 4 is 30.1 Å². The van der Waals surface area contributed by atoms with Crippen LogP contribution in [0.5, 0.6) is 0 Å². The number of benzene rings is 1. The van der Waals surface area contributed by atoms with E-state index in [1.165, 1.54) is 0 Å². The molecule has 0 aromatic heterocycles. The van der Waals surface area contributed by atoms with E-state index < -0.39 is 18.5 Å². The summed E-state index contributed by atoms with van der Waals surface area (Å²) in [5.74, 6) is 3.44. The first-order valence-corrected chi connectivity index (χ1v) is 6.14. The van der Waals surface area contributed by atoms with Gasteiger partial charge < -0.3 is 4.72 Å². The lowest BCUT2D eigenvalue weighted by atomic mass is 10.3. The van der Waals surface area contributed by atoms with E-state index in [1.54, 1.807) is 12.1 Å². The summed E-state index contributed by atoms with van der Waals surface area (Å²) in [5.41, 5.74) is 0.764. The van der Waals surface area contributed by atoms with Gasteiger partial charge >= 0.3 is 0 Å². The maximum absolute atomic E-state index is 10.4. The highest BCUT2D eigenvalue weighted by atomic mass is 32.8. The van der Waals surface area contributed by atoms with Crippen molar-refractivity contribution in [3.8, 4) is 0 Å². The maximum atomic E-state index is 10.4. The normalized spacial score (nSPS) is 9.75. The van der Waals surface area contributed by atoms with Gasteiger partial charge in [0.15, 0.2) is 0 Å². The topological polar surface area (TPSA) is 46.2 Å². The second-order valence-electron chi connectivity index (χ2n) is 2.02. The summed E-state index contributed by atoms with van der Waals surface area (Å²) < 4.78 is 23.5. The summed E-state index contributed by atoms with van der Waals surface area (Å²) in [6, 6.07) is 9.09.